The quantitative estimate of drug-likeness (QED) is 0.814. The number of carbonyl (C=O) groups is 1. The third-order valence-corrected chi connectivity index (χ3v) is 3.10. The van der Waals surface area contributed by atoms with Crippen LogP contribution in [0.1, 0.15) is 17.5 Å². The van der Waals surface area contributed by atoms with Crippen LogP contribution in [0.4, 0.5) is 0 Å². The van der Waals surface area contributed by atoms with E-state index in [1.807, 2.05) is 26.2 Å². The fraction of sp³-hybridized carbons (Fsp3) is 0.500. The van der Waals surface area contributed by atoms with Crippen molar-refractivity contribution in [1.29, 1.82) is 0 Å². The van der Waals surface area contributed by atoms with Gasteiger partial charge < -0.3 is 10.2 Å². The van der Waals surface area contributed by atoms with Crippen LogP contribution in [0.2, 0.25) is 0 Å². The molecule has 0 aromatic carbocycles. The number of likely N-dealkylation sites (tertiary alicyclic amines) is 1. The van der Waals surface area contributed by atoms with E-state index in [4.69, 9.17) is 0 Å². The van der Waals surface area contributed by atoms with Crippen LogP contribution in [0.5, 0.6) is 0 Å². The molecule has 1 aromatic heterocycles. The molecule has 1 saturated heterocycles. The summed E-state index contributed by atoms with van der Waals surface area (Å²) in [5.74, 6) is 0.201. The molecule has 0 aliphatic carbocycles. The van der Waals surface area contributed by atoms with E-state index in [9.17, 15) is 4.79 Å². The maximum absolute atomic E-state index is 11.7. The normalized spacial score (nSPS) is 20.5. The van der Waals surface area contributed by atoms with Crippen LogP contribution in [0.15, 0.2) is 18.5 Å². The van der Waals surface area contributed by atoms with Gasteiger partial charge in [0.15, 0.2) is 0 Å². The summed E-state index contributed by atoms with van der Waals surface area (Å²) < 4.78 is 0. The number of nitrogens with zero attached hydrogens (tertiary/aromatic N) is 2. The standard InChI is InChI=1S/C12H17N3O/c1-9-7-13-5-3-10(9)8-14-11-4-6-15(2)12(11)16/h3,5,7,11,14H,4,6,8H2,1-2H3. The summed E-state index contributed by atoms with van der Waals surface area (Å²) in [5, 5.41) is 3.30. The molecular weight excluding hydrogens is 202 g/mol. The molecule has 1 fully saturated rings. The summed E-state index contributed by atoms with van der Waals surface area (Å²) in [6, 6.07) is 1.98. The van der Waals surface area contributed by atoms with Gasteiger partial charge in [0.1, 0.15) is 0 Å². The fourth-order valence-corrected chi connectivity index (χ4v) is 1.95. The Labute approximate surface area is 95.7 Å². The topological polar surface area (TPSA) is 45.2 Å². The number of carbonyl (C=O) groups excluding carboxylic acids is 1. The molecule has 1 amide bonds. The second-order valence-electron chi connectivity index (χ2n) is 4.28. The van der Waals surface area contributed by atoms with E-state index < -0.39 is 0 Å². The third-order valence-electron chi connectivity index (χ3n) is 3.10. The minimum atomic E-state index is -0.0161. The monoisotopic (exact) mass is 219 g/mol. The van der Waals surface area contributed by atoms with Crippen LogP contribution in [0.25, 0.3) is 0 Å². The van der Waals surface area contributed by atoms with Gasteiger partial charge in [-0.25, -0.2) is 0 Å². The summed E-state index contributed by atoms with van der Waals surface area (Å²) in [6.45, 7) is 3.62. The smallest absolute Gasteiger partial charge is 0.239 e. The van der Waals surface area contributed by atoms with E-state index in [2.05, 4.69) is 10.3 Å². The molecule has 0 radical (unpaired) electrons. The lowest BCUT2D eigenvalue weighted by Crippen LogP contribution is -2.36. The van der Waals surface area contributed by atoms with Crippen LogP contribution in [0.3, 0.4) is 0 Å². The number of aromatic nitrogens is 1. The number of amides is 1. The number of nitrogens with one attached hydrogen (secondary N) is 1. The van der Waals surface area contributed by atoms with Crippen LogP contribution >= 0.6 is 0 Å². The summed E-state index contributed by atoms with van der Waals surface area (Å²) in [6.07, 6.45) is 4.53. The Hall–Kier alpha value is -1.42. The van der Waals surface area contributed by atoms with Crippen LogP contribution < -0.4 is 5.32 Å². The first-order valence-corrected chi connectivity index (χ1v) is 5.56. The van der Waals surface area contributed by atoms with Gasteiger partial charge in [-0.3, -0.25) is 9.78 Å². The van der Waals surface area contributed by atoms with Crippen LogP contribution in [0, 0.1) is 6.92 Å². The highest BCUT2D eigenvalue weighted by molar-refractivity contribution is 5.83. The predicted octanol–water partition coefficient (Wildman–Crippen LogP) is 0.710. The molecule has 1 unspecified atom stereocenters. The van der Waals surface area contributed by atoms with E-state index in [1.54, 1.807) is 11.1 Å². The summed E-state index contributed by atoms with van der Waals surface area (Å²) >= 11 is 0. The highest BCUT2D eigenvalue weighted by Gasteiger charge is 2.28. The lowest BCUT2D eigenvalue weighted by molar-refractivity contribution is -0.128. The van der Waals surface area contributed by atoms with Gasteiger partial charge in [0.05, 0.1) is 6.04 Å². The molecule has 16 heavy (non-hydrogen) atoms. The Bertz CT molecular complexity index is 392. The summed E-state index contributed by atoms with van der Waals surface area (Å²) in [7, 11) is 1.85. The Morgan fingerprint density at radius 1 is 1.62 bits per heavy atom. The van der Waals surface area contributed by atoms with Crippen molar-refractivity contribution in [1.82, 2.24) is 15.2 Å². The van der Waals surface area contributed by atoms with Gasteiger partial charge in [0, 0.05) is 32.5 Å². The fourth-order valence-electron chi connectivity index (χ4n) is 1.95. The van der Waals surface area contributed by atoms with Crippen molar-refractivity contribution in [2.45, 2.75) is 25.9 Å². The largest absolute Gasteiger partial charge is 0.344 e. The molecule has 1 atom stereocenters. The first-order valence-electron chi connectivity index (χ1n) is 5.56. The molecule has 0 bridgehead atoms. The van der Waals surface area contributed by atoms with E-state index in [0.717, 1.165) is 25.1 Å². The van der Waals surface area contributed by atoms with Gasteiger partial charge in [0.2, 0.25) is 5.91 Å². The number of rotatable bonds is 3. The summed E-state index contributed by atoms with van der Waals surface area (Å²) in [4.78, 5) is 17.5. The van der Waals surface area contributed by atoms with E-state index >= 15 is 0 Å². The maximum Gasteiger partial charge on any atom is 0.239 e. The highest BCUT2D eigenvalue weighted by atomic mass is 16.2. The average molecular weight is 219 g/mol. The predicted molar refractivity (Wildman–Crippen MR) is 61.9 cm³/mol. The van der Waals surface area contributed by atoms with E-state index in [1.165, 1.54) is 5.56 Å². The molecule has 2 heterocycles. The highest BCUT2D eigenvalue weighted by Crippen LogP contribution is 2.10. The van der Waals surface area contributed by atoms with Crippen molar-refractivity contribution in [3.05, 3.63) is 29.6 Å². The number of hydrogen-bond acceptors (Lipinski definition) is 3. The zero-order valence-corrected chi connectivity index (χ0v) is 9.73. The average Bonchev–Trinajstić information content (AvgIpc) is 2.59. The van der Waals surface area contributed by atoms with Gasteiger partial charge in [-0.2, -0.15) is 0 Å². The molecule has 1 aliphatic rings. The molecule has 86 valence electrons. The van der Waals surface area contributed by atoms with E-state index in [-0.39, 0.29) is 11.9 Å². The Kier molecular flexibility index (Phi) is 3.19. The molecule has 2 rings (SSSR count). The molecule has 4 nitrogen and oxygen atoms in total. The van der Waals surface area contributed by atoms with Crippen molar-refractivity contribution < 1.29 is 4.79 Å². The van der Waals surface area contributed by atoms with Crippen molar-refractivity contribution in [3.8, 4) is 0 Å². The zero-order chi connectivity index (χ0) is 11.5. The molecule has 0 spiro atoms. The zero-order valence-electron chi connectivity index (χ0n) is 9.73. The van der Waals surface area contributed by atoms with Gasteiger partial charge in [-0.05, 0) is 30.5 Å². The molecule has 1 N–H and O–H groups in total. The van der Waals surface area contributed by atoms with Gasteiger partial charge in [-0.15, -0.1) is 0 Å². The van der Waals surface area contributed by atoms with Gasteiger partial charge in [-0.1, -0.05) is 0 Å². The van der Waals surface area contributed by atoms with Crippen molar-refractivity contribution in [2.75, 3.05) is 13.6 Å². The maximum atomic E-state index is 11.7. The first kappa shape index (κ1) is 11.1. The second kappa shape index (κ2) is 4.61. The van der Waals surface area contributed by atoms with Crippen LogP contribution in [-0.2, 0) is 11.3 Å². The Balaban J connectivity index is 1.93. The number of pyridine rings is 1. The minimum absolute atomic E-state index is 0.0161. The number of likely N-dealkylation sites (N-methyl/N-ethyl adjacent to an activating group) is 1. The number of hydrogen-bond donors (Lipinski definition) is 1. The minimum Gasteiger partial charge on any atom is -0.344 e. The van der Waals surface area contributed by atoms with Gasteiger partial charge in [0.25, 0.3) is 0 Å². The summed E-state index contributed by atoms with van der Waals surface area (Å²) in [5.41, 5.74) is 2.37. The Morgan fingerprint density at radius 3 is 3.06 bits per heavy atom. The van der Waals surface area contributed by atoms with Crippen molar-refractivity contribution >= 4 is 5.91 Å². The molecule has 1 aliphatic heterocycles. The van der Waals surface area contributed by atoms with Crippen molar-refractivity contribution in [2.24, 2.45) is 0 Å². The van der Waals surface area contributed by atoms with Gasteiger partial charge >= 0.3 is 0 Å². The van der Waals surface area contributed by atoms with E-state index in [0.29, 0.717) is 0 Å². The lowest BCUT2D eigenvalue weighted by atomic mass is 10.1. The molecular formula is C12H17N3O. The third kappa shape index (κ3) is 2.22. The first-order chi connectivity index (χ1) is 7.68. The molecule has 4 heteroatoms. The Morgan fingerprint density at radius 2 is 2.44 bits per heavy atom. The lowest BCUT2D eigenvalue weighted by Gasteiger charge is -2.13. The van der Waals surface area contributed by atoms with Crippen LogP contribution in [-0.4, -0.2) is 35.4 Å². The molecule has 1 aromatic rings. The molecule has 0 saturated carbocycles. The van der Waals surface area contributed by atoms with Crippen molar-refractivity contribution in [3.63, 3.8) is 0 Å². The second-order valence-corrected chi connectivity index (χ2v) is 4.28. The SMILES string of the molecule is Cc1cnccc1CNC1CCN(C)C1=O. The number of aryl methyl sites for hydroxylation is 1.